The fourth-order valence-corrected chi connectivity index (χ4v) is 3.39. The molecule has 2 amide bonds. The lowest BCUT2D eigenvalue weighted by molar-refractivity contribution is -0.142. The van der Waals surface area contributed by atoms with Gasteiger partial charge in [-0.05, 0) is 49.2 Å². The first-order chi connectivity index (χ1) is 14.3. The predicted molar refractivity (Wildman–Crippen MR) is 121 cm³/mol. The third-order valence-corrected chi connectivity index (χ3v) is 5.33. The average Bonchev–Trinajstić information content (AvgIpc) is 2.71. The van der Waals surface area contributed by atoms with E-state index in [-0.39, 0.29) is 25.0 Å². The molecule has 1 N–H and O–H groups in total. The number of nitrogens with one attached hydrogen (secondary N) is 1. The van der Waals surface area contributed by atoms with Gasteiger partial charge in [0.05, 0.1) is 0 Å². The van der Waals surface area contributed by atoms with Gasteiger partial charge >= 0.3 is 0 Å². The van der Waals surface area contributed by atoms with Gasteiger partial charge in [-0.3, -0.25) is 9.59 Å². The summed E-state index contributed by atoms with van der Waals surface area (Å²) in [5.74, 6) is -0.107. The molecule has 0 aliphatic carbocycles. The number of carbonyl (C=O) groups excluding carboxylic acids is 2. The number of ether oxygens (including phenoxy) is 1. The predicted octanol–water partition coefficient (Wildman–Crippen LogP) is 5.36. The zero-order valence-corrected chi connectivity index (χ0v) is 19.2. The van der Waals surface area contributed by atoms with Crippen LogP contribution in [0, 0.1) is 0 Å². The van der Waals surface area contributed by atoms with E-state index in [4.69, 9.17) is 39.5 Å². The van der Waals surface area contributed by atoms with Gasteiger partial charge in [0.25, 0.3) is 5.91 Å². The van der Waals surface area contributed by atoms with Crippen LogP contribution in [0.1, 0.15) is 32.3 Å². The Balaban J connectivity index is 2.15. The Morgan fingerprint density at radius 1 is 1.10 bits per heavy atom. The fourth-order valence-electron chi connectivity index (χ4n) is 2.74. The molecule has 0 fully saturated rings. The monoisotopic (exact) mass is 470 g/mol. The van der Waals surface area contributed by atoms with E-state index in [2.05, 4.69) is 5.32 Å². The summed E-state index contributed by atoms with van der Waals surface area (Å²) in [5, 5.41) is 4.29. The van der Waals surface area contributed by atoms with E-state index in [1.807, 2.05) is 6.92 Å². The Kier molecular flexibility index (Phi) is 9.76. The number of hydrogen-bond donors (Lipinski definition) is 1. The Morgan fingerprint density at radius 2 is 1.83 bits per heavy atom. The molecule has 2 aromatic carbocycles. The van der Waals surface area contributed by atoms with Crippen molar-refractivity contribution < 1.29 is 14.3 Å². The van der Waals surface area contributed by atoms with Crippen molar-refractivity contribution in [3.05, 3.63) is 63.1 Å². The highest BCUT2D eigenvalue weighted by Crippen LogP contribution is 2.23. The molecule has 0 radical (unpaired) electrons. The normalized spacial score (nSPS) is 11.6. The molecule has 1 atom stereocenters. The zero-order chi connectivity index (χ0) is 22.1. The number of halogens is 3. The van der Waals surface area contributed by atoms with Gasteiger partial charge in [0.2, 0.25) is 5.91 Å². The van der Waals surface area contributed by atoms with Gasteiger partial charge < -0.3 is 15.0 Å². The standard InChI is InChI=1S/C22H25Cl3N2O3/c1-3-4-10-26-22(29)15(2)27(13-16-8-9-18(24)12-20(16)25)21(28)14-30-19-7-5-6-17(23)11-19/h5-9,11-12,15H,3-4,10,13-14H2,1-2H3,(H,26,29)/t15-/m1/s1. The highest BCUT2D eigenvalue weighted by Gasteiger charge is 2.27. The SMILES string of the molecule is CCCCNC(=O)[C@@H](C)N(Cc1ccc(Cl)cc1Cl)C(=O)COc1cccc(Cl)c1. The van der Waals surface area contributed by atoms with Gasteiger partial charge in [-0.25, -0.2) is 0 Å². The van der Waals surface area contributed by atoms with Gasteiger partial charge in [-0.2, -0.15) is 0 Å². The molecule has 162 valence electrons. The Labute approximate surface area is 192 Å². The van der Waals surface area contributed by atoms with E-state index in [1.165, 1.54) is 4.90 Å². The second-order valence-corrected chi connectivity index (χ2v) is 8.10. The topological polar surface area (TPSA) is 58.6 Å². The first-order valence-electron chi connectivity index (χ1n) is 9.71. The maximum atomic E-state index is 13.0. The number of nitrogens with zero attached hydrogens (tertiary/aromatic N) is 1. The summed E-state index contributed by atoms with van der Waals surface area (Å²) < 4.78 is 5.58. The highest BCUT2D eigenvalue weighted by atomic mass is 35.5. The minimum Gasteiger partial charge on any atom is -0.484 e. The Hall–Kier alpha value is -1.95. The minimum atomic E-state index is -0.705. The lowest BCUT2D eigenvalue weighted by Crippen LogP contribution is -2.49. The molecule has 2 aromatic rings. The van der Waals surface area contributed by atoms with Crippen molar-refractivity contribution in [1.82, 2.24) is 10.2 Å². The number of unbranched alkanes of at least 4 members (excludes halogenated alkanes) is 1. The van der Waals surface area contributed by atoms with E-state index in [0.717, 1.165) is 12.8 Å². The highest BCUT2D eigenvalue weighted by molar-refractivity contribution is 6.35. The molecule has 0 saturated heterocycles. The number of hydrogen-bond acceptors (Lipinski definition) is 3. The second-order valence-electron chi connectivity index (χ2n) is 6.82. The number of carbonyl (C=O) groups is 2. The Morgan fingerprint density at radius 3 is 2.50 bits per heavy atom. The van der Waals surface area contributed by atoms with Crippen LogP contribution in [0.15, 0.2) is 42.5 Å². The summed E-state index contributed by atoms with van der Waals surface area (Å²) in [5.41, 5.74) is 0.686. The van der Waals surface area contributed by atoms with Crippen molar-refractivity contribution in [2.24, 2.45) is 0 Å². The number of rotatable bonds is 10. The van der Waals surface area contributed by atoms with E-state index in [9.17, 15) is 9.59 Å². The van der Waals surface area contributed by atoms with Crippen molar-refractivity contribution in [2.45, 2.75) is 39.3 Å². The smallest absolute Gasteiger partial charge is 0.261 e. The van der Waals surface area contributed by atoms with Crippen LogP contribution in [0.25, 0.3) is 0 Å². The molecule has 0 aromatic heterocycles. The summed E-state index contributed by atoms with van der Waals surface area (Å²) >= 11 is 18.2. The molecule has 0 saturated carbocycles. The third kappa shape index (κ3) is 7.38. The summed E-state index contributed by atoms with van der Waals surface area (Å²) in [6, 6.07) is 11.1. The van der Waals surface area contributed by atoms with E-state index in [1.54, 1.807) is 49.4 Å². The minimum absolute atomic E-state index is 0.149. The Bertz CT molecular complexity index is 876. The molecule has 0 bridgehead atoms. The van der Waals surface area contributed by atoms with Crippen molar-refractivity contribution in [2.75, 3.05) is 13.2 Å². The van der Waals surface area contributed by atoms with Gasteiger partial charge in [0.1, 0.15) is 11.8 Å². The molecular weight excluding hydrogens is 447 g/mol. The van der Waals surface area contributed by atoms with Crippen LogP contribution >= 0.6 is 34.8 Å². The third-order valence-electron chi connectivity index (χ3n) is 4.51. The van der Waals surface area contributed by atoms with Crippen LogP contribution in [-0.2, 0) is 16.1 Å². The number of benzene rings is 2. The van der Waals surface area contributed by atoms with E-state index < -0.39 is 6.04 Å². The fraction of sp³-hybridized carbons (Fsp3) is 0.364. The zero-order valence-electron chi connectivity index (χ0n) is 17.0. The maximum Gasteiger partial charge on any atom is 0.261 e. The van der Waals surface area contributed by atoms with Crippen LogP contribution < -0.4 is 10.1 Å². The molecule has 0 heterocycles. The van der Waals surface area contributed by atoms with Crippen molar-refractivity contribution in [3.63, 3.8) is 0 Å². The van der Waals surface area contributed by atoms with Gasteiger partial charge in [0, 0.05) is 28.2 Å². The first kappa shape index (κ1) is 24.3. The van der Waals surface area contributed by atoms with Gasteiger partial charge in [-0.15, -0.1) is 0 Å². The van der Waals surface area contributed by atoms with Crippen LogP contribution in [0.3, 0.4) is 0 Å². The van der Waals surface area contributed by atoms with Crippen molar-refractivity contribution in [1.29, 1.82) is 0 Å². The second kappa shape index (κ2) is 12.0. The average molecular weight is 472 g/mol. The summed E-state index contributed by atoms with van der Waals surface area (Å²) in [7, 11) is 0. The molecule has 30 heavy (non-hydrogen) atoms. The summed E-state index contributed by atoms with van der Waals surface area (Å²) in [4.78, 5) is 27.0. The van der Waals surface area contributed by atoms with Crippen molar-refractivity contribution >= 4 is 46.6 Å². The van der Waals surface area contributed by atoms with Crippen LogP contribution in [-0.4, -0.2) is 35.9 Å². The molecule has 0 aliphatic heterocycles. The lowest BCUT2D eigenvalue weighted by Gasteiger charge is -2.29. The molecule has 8 heteroatoms. The molecular formula is C22H25Cl3N2O3. The maximum absolute atomic E-state index is 13.0. The van der Waals surface area contributed by atoms with Crippen LogP contribution in [0.2, 0.25) is 15.1 Å². The molecule has 2 rings (SSSR count). The molecule has 0 spiro atoms. The largest absolute Gasteiger partial charge is 0.484 e. The lowest BCUT2D eigenvalue weighted by atomic mass is 10.1. The van der Waals surface area contributed by atoms with E-state index in [0.29, 0.717) is 32.9 Å². The van der Waals surface area contributed by atoms with Crippen molar-refractivity contribution in [3.8, 4) is 5.75 Å². The summed E-state index contributed by atoms with van der Waals surface area (Å²) in [6.07, 6.45) is 1.83. The van der Waals surface area contributed by atoms with E-state index >= 15 is 0 Å². The quantitative estimate of drug-likeness (QED) is 0.475. The van der Waals surface area contributed by atoms with Gasteiger partial charge in [-0.1, -0.05) is 60.3 Å². The molecule has 5 nitrogen and oxygen atoms in total. The molecule has 0 aliphatic rings. The molecule has 0 unspecified atom stereocenters. The van der Waals surface area contributed by atoms with Crippen LogP contribution in [0.5, 0.6) is 5.75 Å². The number of amides is 2. The first-order valence-corrected chi connectivity index (χ1v) is 10.8. The van der Waals surface area contributed by atoms with Gasteiger partial charge in [0.15, 0.2) is 6.61 Å². The van der Waals surface area contributed by atoms with Crippen LogP contribution in [0.4, 0.5) is 0 Å². The summed E-state index contributed by atoms with van der Waals surface area (Å²) in [6.45, 7) is 4.19.